The first-order chi connectivity index (χ1) is 8.02. The number of anilines is 1. The van der Waals surface area contributed by atoms with E-state index in [0.717, 1.165) is 11.6 Å². The Morgan fingerprint density at radius 2 is 2.00 bits per heavy atom. The maximum atomic E-state index is 9.50. The van der Waals surface area contributed by atoms with E-state index >= 15 is 0 Å². The van der Waals surface area contributed by atoms with Gasteiger partial charge in [0.1, 0.15) is 0 Å². The van der Waals surface area contributed by atoms with E-state index in [0.29, 0.717) is 6.41 Å². The quantitative estimate of drug-likeness (QED) is 0.624. The van der Waals surface area contributed by atoms with Gasteiger partial charge in [0.15, 0.2) is 0 Å². The summed E-state index contributed by atoms with van der Waals surface area (Å²) in [5, 5.41) is 2.53. The SMILES string of the molecule is CC(C)NC=O.Cc1cc(N)cc(C2CC2)c1. The van der Waals surface area contributed by atoms with Crippen LogP contribution in [0.1, 0.15) is 43.7 Å². The van der Waals surface area contributed by atoms with Crippen molar-refractivity contribution in [3.05, 3.63) is 29.3 Å². The Kier molecular flexibility index (Phi) is 5.01. The van der Waals surface area contributed by atoms with Gasteiger partial charge in [0, 0.05) is 11.7 Å². The van der Waals surface area contributed by atoms with E-state index < -0.39 is 0 Å². The Bertz CT molecular complexity index is 350. The molecule has 3 N–H and O–H groups in total. The van der Waals surface area contributed by atoms with Crippen LogP contribution in [-0.2, 0) is 4.79 Å². The number of hydrogen-bond donors (Lipinski definition) is 2. The molecule has 1 aromatic rings. The van der Waals surface area contributed by atoms with Crippen LogP contribution in [0.2, 0.25) is 0 Å². The van der Waals surface area contributed by atoms with E-state index in [2.05, 4.69) is 24.4 Å². The van der Waals surface area contributed by atoms with Gasteiger partial charge in [-0.05, 0) is 62.8 Å². The minimum atomic E-state index is 0.280. The van der Waals surface area contributed by atoms with Gasteiger partial charge in [-0.2, -0.15) is 0 Å². The van der Waals surface area contributed by atoms with Crippen molar-refractivity contribution in [1.82, 2.24) is 5.32 Å². The molecule has 0 heterocycles. The number of nitrogens with two attached hydrogens (primary N) is 1. The smallest absolute Gasteiger partial charge is 0.207 e. The fourth-order valence-electron chi connectivity index (χ4n) is 1.63. The number of nitrogens with one attached hydrogen (secondary N) is 1. The Morgan fingerprint density at radius 1 is 1.35 bits per heavy atom. The van der Waals surface area contributed by atoms with Crippen molar-refractivity contribution >= 4 is 12.1 Å². The molecule has 0 spiro atoms. The molecule has 0 aliphatic heterocycles. The van der Waals surface area contributed by atoms with Crippen molar-refractivity contribution in [3.8, 4) is 0 Å². The van der Waals surface area contributed by atoms with E-state index in [1.165, 1.54) is 24.0 Å². The molecule has 1 aromatic carbocycles. The first kappa shape index (κ1) is 13.6. The maximum absolute atomic E-state index is 9.50. The van der Waals surface area contributed by atoms with E-state index in [9.17, 15) is 4.79 Å². The molecule has 0 bridgehead atoms. The lowest BCUT2D eigenvalue weighted by molar-refractivity contribution is -0.109. The van der Waals surface area contributed by atoms with Crippen molar-refractivity contribution < 1.29 is 4.79 Å². The number of amides is 1. The van der Waals surface area contributed by atoms with Crippen molar-refractivity contribution in [2.45, 2.75) is 45.6 Å². The average Bonchev–Trinajstić information content (AvgIpc) is 2.99. The second-order valence-electron chi connectivity index (χ2n) is 4.89. The van der Waals surface area contributed by atoms with Crippen LogP contribution < -0.4 is 11.1 Å². The van der Waals surface area contributed by atoms with Crippen LogP contribution in [0.5, 0.6) is 0 Å². The van der Waals surface area contributed by atoms with Gasteiger partial charge in [-0.15, -0.1) is 0 Å². The van der Waals surface area contributed by atoms with E-state index in [1.807, 2.05) is 19.9 Å². The predicted octanol–water partition coefficient (Wildman–Crippen LogP) is 2.60. The van der Waals surface area contributed by atoms with E-state index in [1.54, 1.807) is 0 Å². The molecule has 0 saturated heterocycles. The molecule has 1 aliphatic rings. The molecule has 17 heavy (non-hydrogen) atoms. The topological polar surface area (TPSA) is 55.1 Å². The Hall–Kier alpha value is -1.51. The van der Waals surface area contributed by atoms with Gasteiger partial charge in [-0.25, -0.2) is 0 Å². The monoisotopic (exact) mass is 234 g/mol. The fourth-order valence-corrected chi connectivity index (χ4v) is 1.63. The Morgan fingerprint density at radius 3 is 2.35 bits per heavy atom. The molecule has 0 radical (unpaired) electrons. The molecular formula is C14H22N2O. The van der Waals surface area contributed by atoms with Crippen LogP contribution in [0.4, 0.5) is 5.69 Å². The highest BCUT2D eigenvalue weighted by Gasteiger charge is 2.23. The number of carbonyl (C=O) groups is 1. The molecule has 1 saturated carbocycles. The summed E-state index contributed by atoms with van der Waals surface area (Å²) in [5.41, 5.74) is 9.35. The zero-order valence-corrected chi connectivity index (χ0v) is 10.9. The van der Waals surface area contributed by atoms with Crippen molar-refractivity contribution in [2.24, 2.45) is 0 Å². The number of hydrogen-bond acceptors (Lipinski definition) is 2. The van der Waals surface area contributed by atoms with Crippen molar-refractivity contribution in [1.29, 1.82) is 0 Å². The molecule has 0 atom stereocenters. The largest absolute Gasteiger partial charge is 0.399 e. The molecule has 1 fully saturated rings. The predicted molar refractivity (Wildman–Crippen MR) is 71.9 cm³/mol. The number of benzene rings is 1. The van der Waals surface area contributed by atoms with Crippen molar-refractivity contribution in [3.63, 3.8) is 0 Å². The summed E-state index contributed by atoms with van der Waals surface area (Å²) in [7, 11) is 0. The summed E-state index contributed by atoms with van der Waals surface area (Å²) < 4.78 is 0. The first-order valence-electron chi connectivity index (χ1n) is 6.09. The molecule has 0 aromatic heterocycles. The van der Waals surface area contributed by atoms with E-state index in [-0.39, 0.29) is 6.04 Å². The number of carbonyl (C=O) groups excluding carboxylic acids is 1. The molecular weight excluding hydrogens is 212 g/mol. The Balaban J connectivity index is 0.000000209. The third-order valence-corrected chi connectivity index (χ3v) is 2.57. The summed E-state index contributed by atoms with van der Waals surface area (Å²) in [4.78, 5) is 9.50. The molecule has 1 aliphatic carbocycles. The third-order valence-electron chi connectivity index (χ3n) is 2.57. The summed E-state index contributed by atoms with van der Waals surface area (Å²) in [6, 6.07) is 6.65. The highest BCUT2D eigenvalue weighted by molar-refractivity contribution is 5.46. The van der Waals surface area contributed by atoms with Gasteiger partial charge in [0.05, 0.1) is 0 Å². The average molecular weight is 234 g/mol. The lowest BCUT2D eigenvalue weighted by Crippen LogP contribution is -2.19. The summed E-state index contributed by atoms with van der Waals surface area (Å²) in [6.45, 7) is 5.92. The van der Waals surface area contributed by atoms with Crippen molar-refractivity contribution in [2.75, 3.05) is 5.73 Å². The second kappa shape index (κ2) is 6.28. The van der Waals surface area contributed by atoms with Crippen LogP contribution in [-0.4, -0.2) is 12.5 Å². The third kappa shape index (κ3) is 5.38. The second-order valence-corrected chi connectivity index (χ2v) is 4.89. The highest BCUT2D eigenvalue weighted by Crippen LogP contribution is 2.40. The minimum Gasteiger partial charge on any atom is -0.399 e. The summed E-state index contributed by atoms with van der Waals surface area (Å²) >= 11 is 0. The standard InChI is InChI=1S/C10H13N.C4H9NO/c1-7-4-9(8-2-3-8)6-10(11)5-7;1-4(2)5-3-6/h4-6,8H,2-3,11H2,1H3;3-4H,1-2H3,(H,5,6). The highest BCUT2D eigenvalue weighted by atomic mass is 16.1. The van der Waals surface area contributed by atoms with Gasteiger partial charge in [-0.1, -0.05) is 6.07 Å². The maximum Gasteiger partial charge on any atom is 0.207 e. The molecule has 2 rings (SSSR count). The van der Waals surface area contributed by atoms with Gasteiger partial charge in [0.2, 0.25) is 6.41 Å². The molecule has 1 amide bonds. The van der Waals surface area contributed by atoms with Gasteiger partial charge < -0.3 is 11.1 Å². The van der Waals surface area contributed by atoms with Gasteiger partial charge >= 0.3 is 0 Å². The Labute approximate surface area is 103 Å². The lowest BCUT2D eigenvalue weighted by atomic mass is 10.1. The van der Waals surface area contributed by atoms with Crippen LogP contribution in [0.3, 0.4) is 0 Å². The number of rotatable bonds is 3. The van der Waals surface area contributed by atoms with Crippen LogP contribution >= 0.6 is 0 Å². The van der Waals surface area contributed by atoms with Crippen LogP contribution in [0, 0.1) is 6.92 Å². The first-order valence-corrected chi connectivity index (χ1v) is 6.09. The number of aryl methyl sites for hydroxylation is 1. The van der Waals surface area contributed by atoms with Gasteiger partial charge in [0.25, 0.3) is 0 Å². The van der Waals surface area contributed by atoms with Gasteiger partial charge in [-0.3, -0.25) is 4.79 Å². The lowest BCUT2D eigenvalue weighted by Gasteiger charge is -2.01. The molecule has 3 nitrogen and oxygen atoms in total. The summed E-state index contributed by atoms with van der Waals surface area (Å²) in [5.74, 6) is 0.817. The molecule has 94 valence electrons. The normalized spacial score (nSPS) is 13.9. The minimum absolute atomic E-state index is 0.280. The fraction of sp³-hybridized carbons (Fsp3) is 0.500. The zero-order valence-electron chi connectivity index (χ0n) is 10.9. The number of nitrogen functional groups attached to an aromatic ring is 1. The van der Waals surface area contributed by atoms with Crippen LogP contribution in [0.15, 0.2) is 18.2 Å². The van der Waals surface area contributed by atoms with Crippen LogP contribution in [0.25, 0.3) is 0 Å². The molecule has 3 heteroatoms. The van der Waals surface area contributed by atoms with E-state index in [4.69, 9.17) is 5.73 Å². The zero-order chi connectivity index (χ0) is 12.8. The molecule has 0 unspecified atom stereocenters. The summed E-state index contributed by atoms with van der Waals surface area (Å²) in [6.07, 6.45) is 3.40.